The molecule has 0 atom stereocenters. The van der Waals surface area contributed by atoms with Gasteiger partial charge in [0.05, 0.1) is 17.2 Å². The van der Waals surface area contributed by atoms with E-state index < -0.39 is 16.9 Å². The van der Waals surface area contributed by atoms with E-state index in [9.17, 15) is 9.59 Å². The lowest BCUT2D eigenvalue weighted by molar-refractivity contribution is -0.166. The highest BCUT2D eigenvalue weighted by molar-refractivity contribution is 5.82. The number of ether oxygens (including phenoxy) is 3. The Hall–Kier alpha value is -2.75. The highest BCUT2D eigenvalue weighted by Gasteiger charge is 2.27. The number of esters is 2. The molecule has 0 aliphatic heterocycles. The number of hydrogen-bond acceptors (Lipinski definition) is 9. The molecule has 2 rings (SSSR count). The Labute approximate surface area is 182 Å². The summed E-state index contributed by atoms with van der Waals surface area (Å²) in [7, 11) is 3.75. The van der Waals surface area contributed by atoms with Gasteiger partial charge < -0.3 is 19.1 Å². The monoisotopic (exact) mass is 435 g/mol. The molecular formula is C21H33N5O5. The molecule has 0 saturated carbocycles. The first kappa shape index (κ1) is 24.5. The van der Waals surface area contributed by atoms with Crippen molar-refractivity contribution in [1.29, 1.82) is 0 Å². The summed E-state index contributed by atoms with van der Waals surface area (Å²) in [5, 5.41) is 0. The summed E-state index contributed by atoms with van der Waals surface area (Å²) in [6, 6.07) is 0. The lowest BCUT2D eigenvalue weighted by Gasteiger charge is -2.23. The lowest BCUT2D eigenvalue weighted by atomic mass is 9.97. The molecule has 2 heterocycles. The van der Waals surface area contributed by atoms with Gasteiger partial charge in [-0.05, 0) is 41.5 Å². The largest absolute Gasteiger partial charge is 0.462 e. The second-order valence-electron chi connectivity index (χ2n) is 9.59. The van der Waals surface area contributed by atoms with Crippen LogP contribution in [0.25, 0.3) is 11.2 Å². The minimum Gasteiger partial charge on any atom is -0.462 e. The fraction of sp³-hybridized carbons (Fsp3) is 0.667. The minimum absolute atomic E-state index is 0.0436. The molecule has 2 aromatic heterocycles. The number of nitrogens with zero attached hydrogens (tertiary/aromatic N) is 5. The van der Waals surface area contributed by atoms with E-state index in [2.05, 4.69) is 15.0 Å². The normalized spacial score (nSPS) is 12.3. The summed E-state index contributed by atoms with van der Waals surface area (Å²) in [5.41, 5.74) is -0.0406. The molecule has 0 fully saturated rings. The van der Waals surface area contributed by atoms with E-state index in [1.165, 1.54) is 6.33 Å². The molecule has 172 valence electrons. The predicted octanol–water partition coefficient (Wildman–Crippen LogP) is 2.41. The van der Waals surface area contributed by atoms with Crippen LogP contribution in [0.1, 0.15) is 41.5 Å². The van der Waals surface area contributed by atoms with Crippen LogP contribution in [0.3, 0.4) is 0 Å². The van der Waals surface area contributed by atoms with E-state index in [1.807, 2.05) is 19.0 Å². The Bertz CT molecular complexity index is 881. The van der Waals surface area contributed by atoms with Crippen LogP contribution in [0.4, 0.5) is 5.82 Å². The van der Waals surface area contributed by atoms with E-state index in [1.54, 1.807) is 52.4 Å². The molecule has 0 amide bonds. The van der Waals surface area contributed by atoms with Gasteiger partial charge in [0.25, 0.3) is 0 Å². The first-order chi connectivity index (χ1) is 14.3. The smallest absolute Gasteiger partial charge is 0.311 e. The quantitative estimate of drug-likeness (QED) is 0.577. The van der Waals surface area contributed by atoms with E-state index in [0.717, 1.165) is 0 Å². The number of aromatic nitrogens is 4. The van der Waals surface area contributed by atoms with Gasteiger partial charge in [0.15, 0.2) is 17.0 Å². The van der Waals surface area contributed by atoms with Crippen LogP contribution in [0, 0.1) is 10.8 Å². The van der Waals surface area contributed by atoms with Crippen molar-refractivity contribution >= 4 is 28.9 Å². The van der Waals surface area contributed by atoms with Crippen molar-refractivity contribution in [2.24, 2.45) is 10.8 Å². The molecule has 0 aromatic carbocycles. The zero-order valence-corrected chi connectivity index (χ0v) is 19.6. The molecule has 2 aromatic rings. The lowest BCUT2D eigenvalue weighted by Crippen LogP contribution is -2.34. The van der Waals surface area contributed by atoms with Gasteiger partial charge >= 0.3 is 11.9 Å². The van der Waals surface area contributed by atoms with Crippen molar-refractivity contribution in [2.75, 3.05) is 32.2 Å². The van der Waals surface area contributed by atoms with E-state index in [4.69, 9.17) is 14.2 Å². The van der Waals surface area contributed by atoms with Gasteiger partial charge in [-0.25, -0.2) is 15.0 Å². The molecule has 0 aliphatic carbocycles. The van der Waals surface area contributed by atoms with Crippen LogP contribution in [0.15, 0.2) is 12.7 Å². The predicted molar refractivity (Wildman–Crippen MR) is 115 cm³/mol. The van der Waals surface area contributed by atoms with Gasteiger partial charge in [0, 0.05) is 14.1 Å². The van der Waals surface area contributed by atoms with Crippen molar-refractivity contribution in [3.63, 3.8) is 0 Å². The Balaban J connectivity index is 2.11. The van der Waals surface area contributed by atoms with Gasteiger partial charge in [0.2, 0.25) is 0 Å². The minimum atomic E-state index is -0.648. The Morgan fingerprint density at radius 2 is 1.52 bits per heavy atom. The van der Waals surface area contributed by atoms with Gasteiger partial charge in [-0.3, -0.25) is 14.2 Å². The second kappa shape index (κ2) is 9.59. The molecular weight excluding hydrogens is 402 g/mol. The topological polar surface area (TPSA) is 109 Å². The van der Waals surface area contributed by atoms with E-state index in [-0.39, 0.29) is 31.9 Å². The van der Waals surface area contributed by atoms with Crippen LogP contribution >= 0.6 is 0 Å². The van der Waals surface area contributed by atoms with Gasteiger partial charge in [0.1, 0.15) is 32.4 Å². The number of carbonyl (C=O) groups excluding carboxylic acids is 2. The first-order valence-corrected chi connectivity index (χ1v) is 10.1. The third-order valence-electron chi connectivity index (χ3n) is 4.28. The number of rotatable bonds is 8. The maximum Gasteiger partial charge on any atom is 0.311 e. The Morgan fingerprint density at radius 3 is 2.00 bits per heavy atom. The molecule has 0 bridgehead atoms. The number of anilines is 1. The zero-order valence-electron chi connectivity index (χ0n) is 19.6. The zero-order chi connectivity index (χ0) is 23.4. The van der Waals surface area contributed by atoms with Crippen LogP contribution in [0.5, 0.6) is 0 Å². The van der Waals surface area contributed by atoms with Crippen molar-refractivity contribution in [1.82, 2.24) is 19.5 Å². The Morgan fingerprint density at radius 1 is 0.968 bits per heavy atom. The average Bonchev–Trinajstić information content (AvgIpc) is 3.08. The molecule has 0 radical (unpaired) electrons. The second-order valence-corrected chi connectivity index (χ2v) is 9.59. The number of carbonyl (C=O) groups is 2. The molecule has 0 unspecified atom stereocenters. The maximum absolute atomic E-state index is 12.2. The summed E-state index contributed by atoms with van der Waals surface area (Å²) in [6.45, 7) is 10.6. The van der Waals surface area contributed by atoms with Gasteiger partial charge in [-0.15, -0.1) is 0 Å². The number of fused-ring (bicyclic) bond motifs is 1. The van der Waals surface area contributed by atoms with E-state index in [0.29, 0.717) is 17.0 Å². The molecule has 0 aliphatic rings. The number of imidazole rings is 1. The highest BCUT2D eigenvalue weighted by Crippen LogP contribution is 2.20. The van der Waals surface area contributed by atoms with E-state index >= 15 is 0 Å². The first-order valence-electron chi connectivity index (χ1n) is 10.1. The van der Waals surface area contributed by atoms with Crippen LogP contribution in [-0.4, -0.2) is 64.9 Å². The van der Waals surface area contributed by atoms with Crippen molar-refractivity contribution in [2.45, 2.75) is 54.4 Å². The van der Waals surface area contributed by atoms with Crippen LogP contribution in [-0.2, 0) is 30.5 Å². The standard InChI is InChI=1S/C21H33N5O5/c1-20(2,3)18(27)29-9-14(10-30-19(28)21(4,5)6)31-13-26-12-24-15-16(25(7)8)22-11-23-17(15)26/h11-12,14H,9-10,13H2,1-8H3. The summed E-state index contributed by atoms with van der Waals surface area (Å²) >= 11 is 0. The third-order valence-corrected chi connectivity index (χ3v) is 4.28. The molecule has 10 nitrogen and oxygen atoms in total. The SMILES string of the molecule is CN(C)c1ncnc2c1ncn2COC(COC(=O)C(C)(C)C)COC(=O)C(C)(C)C. The summed E-state index contributed by atoms with van der Waals surface area (Å²) in [5.74, 6) is -0.0297. The van der Waals surface area contributed by atoms with Gasteiger partial charge in [-0.2, -0.15) is 0 Å². The fourth-order valence-electron chi connectivity index (χ4n) is 2.39. The third kappa shape index (κ3) is 6.61. The molecule has 0 spiro atoms. The summed E-state index contributed by atoms with van der Waals surface area (Å²) in [4.78, 5) is 39.1. The average molecular weight is 436 g/mol. The van der Waals surface area contributed by atoms with Crippen LogP contribution in [0.2, 0.25) is 0 Å². The fourth-order valence-corrected chi connectivity index (χ4v) is 2.39. The highest BCUT2D eigenvalue weighted by atomic mass is 16.6. The molecule has 0 N–H and O–H groups in total. The molecule has 31 heavy (non-hydrogen) atoms. The molecule has 10 heteroatoms. The van der Waals surface area contributed by atoms with Crippen molar-refractivity contribution in [3.05, 3.63) is 12.7 Å². The summed E-state index contributed by atoms with van der Waals surface area (Å²) in [6.07, 6.45) is 2.42. The van der Waals surface area contributed by atoms with Gasteiger partial charge in [-0.1, -0.05) is 0 Å². The maximum atomic E-state index is 12.2. The Kier molecular flexibility index (Phi) is 7.58. The van der Waals surface area contributed by atoms with Crippen molar-refractivity contribution < 1.29 is 23.8 Å². The van der Waals surface area contributed by atoms with Crippen LogP contribution < -0.4 is 4.90 Å². The number of hydrogen-bond donors (Lipinski definition) is 0. The summed E-state index contributed by atoms with van der Waals surface area (Å²) < 4.78 is 18.4. The van der Waals surface area contributed by atoms with Crippen molar-refractivity contribution in [3.8, 4) is 0 Å². The molecule has 0 saturated heterocycles.